The highest BCUT2D eigenvalue weighted by atomic mass is 32.2. The van der Waals surface area contributed by atoms with Crippen molar-refractivity contribution < 1.29 is 4.74 Å². The molecule has 120 valence electrons. The molecule has 0 aromatic heterocycles. The fourth-order valence-corrected chi connectivity index (χ4v) is 3.57. The summed E-state index contributed by atoms with van der Waals surface area (Å²) in [6.45, 7) is 1.63. The molecule has 0 amide bonds. The normalized spacial score (nSPS) is 17.0. The molecule has 0 aliphatic carbocycles. The topological polar surface area (TPSA) is 33.3 Å². The Kier molecular flexibility index (Phi) is 5.91. The highest BCUT2D eigenvalue weighted by molar-refractivity contribution is 7.99. The molecule has 1 atom stereocenters. The fourth-order valence-electron chi connectivity index (χ4n) is 2.45. The number of rotatable bonds is 5. The van der Waals surface area contributed by atoms with E-state index in [2.05, 4.69) is 28.8 Å². The van der Waals surface area contributed by atoms with Gasteiger partial charge in [-0.25, -0.2) is 0 Å². The van der Waals surface area contributed by atoms with E-state index >= 15 is 0 Å². The maximum Gasteiger partial charge on any atom is 0.170 e. The van der Waals surface area contributed by atoms with Gasteiger partial charge in [0.05, 0.1) is 11.8 Å². The summed E-state index contributed by atoms with van der Waals surface area (Å²) in [6.07, 6.45) is 2.53. The van der Waals surface area contributed by atoms with Crippen molar-refractivity contribution in [2.24, 2.45) is 0 Å². The van der Waals surface area contributed by atoms with Crippen molar-refractivity contribution in [3.63, 3.8) is 0 Å². The van der Waals surface area contributed by atoms with E-state index < -0.39 is 0 Å². The Bertz CT molecular complexity index is 642. The molecule has 1 aliphatic rings. The minimum Gasteiger partial charge on any atom is -0.376 e. The lowest BCUT2D eigenvalue weighted by Gasteiger charge is -2.16. The van der Waals surface area contributed by atoms with Crippen LogP contribution in [0.1, 0.15) is 12.8 Å². The van der Waals surface area contributed by atoms with E-state index in [-0.39, 0.29) is 6.10 Å². The number of thiocarbonyl (C=S) groups is 1. The molecule has 3 rings (SSSR count). The lowest BCUT2D eigenvalue weighted by molar-refractivity contribution is 0.114. The van der Waals surface area contributed by atoms with Crippen LogP contribution in [-0.4, -0.2) is 24.4 Å². The van der Waals surface area contributed by atoms with Crippen LogP contribution in [0.3, 0.4) is 0 Å². The summed E-state index contributed by atoms with van der Waals surface area (Å²) in [4.78, 5) is 2.36. The standard InChI is InChI=1S/C18H20N2OS2/c22-18(19-13-14-7-6-12-21-14)20-16-10-4-5-11-17(16)23-15-8-2-1-3-9-15/h1-5,8-11,14H,6-7,12-13H2,(H2,19,20,22)/t14-/m1/s1. The predicted octanol–water partition coefficient (Wildman–Crippen LogP) is 4.30. The fraction of sp³-hybridized carbons (Fsp3) is 0.278. The molecule has 0 radical (unpaired) electrons. The molecular formula is C18H20N2OS2. The molecule has 23 heavy (non-hydrogen) atoms. The van der Waals surface area contributed by atoms with Crippen LogP contribution in [-0.2, 0) is 4.74 Å². The van der Waals surface area contributed by atoms with Crippen LogP contribution in [0.2, 0.25) is 0 Å². The summed E-state index contributed by atoms with van der Waals surface area (Å²) in [7, 11) is 0. The summed E-state index contributed by atoms with van der Waals surface area (Å²) in [5.41, 5.74) is 1.02. The molecule has 2 aromatic rings. The molecule has 1 saturated heterocycles. The van der Waals surface area contributed by atoms with Crippen LogP contribution in [0.25, 0.3) is 0 Å². The Hall–Kier alpha value is -1.56. The van der Waals surface area contributed by atoms with Crippen molar-refractivity contribution in [1.82, 2.24) is 5.32 Å². The summed E-state index contributed by atoms with van der Waals surface area (Å²) in [6, 6.07) is 18.5. The van der Waals surface area contributed by atoms with E-state index in [4.69, 9.17) is 17.0 Å². The first-order chi connectivity index (χ1) is 11.3. The third kappa shape index (κ3) is 4.96. The van der Waals surface area contributed by atoms with Crippen LogP contribution in [0.15, 0.2) is 64.4 Å². The molecule has 0 bridgehead atoms. The molecule has 5 heteroatoms. The number of para-hydroxylation sites is 1. The molecule has 0 spiro atoms. The monoisotopic (exact) mass is 344 g/mol. The quantitative estimate of drug-likeness (QED) is 0.790. The van der Waals surface area contributed by atoms with Crippen molar-refractivity contribution in [3.05, 3.63) is 54.6 Å². The summed E-state index contributed by atoms with van der Waals surface area (Å²) in [5.74, 6) is 0. The zero-order chi connectivity index (χ0) is 15.9. The molecule has 0 unspecified atom stereocenters. The zero-order valence-corrected chi connectivity index (χ0v) is 14.5. The Labute approximate surface area is 146 Å². The van der Waals surface area contributed by atoms with E-state index in [1.165, 1.54) is 4.90 Å². The SMILES string of the molecule is S=C(NC[C@H]1CCCO1)Nc1ccccc1Sc1ccccc1. The Morgan fingerprint density at radius 2 is 1.91 bits per heavy atom. The molecule has 1 aliphatic heterocycles. The highest BCUT2D eigenvalue weighted by Gasteiger charge is 2.15. The van der Waals surface area contributed by atoms with Crippen molar-refractivity contribution >= 4 is 34.8 Å². The van der Waals surface area contributed by atoms with E-state index in [0.717, 1.165) is 36.6 Å². The second kappa shape index (κ2) is 8.34. The van der Waals surface area contributed by atoms with Crippen molar-refractivity contribution in [1.29, 1.82) is 0 Å². The van der Waals surface area contributed by atoms with Gasteiger partial charge in [-0.3, -0.25) is 0 Å². The molecular weight excluding hydrogens is 324 g/mol. The van der Waals surface area contributed by atoms with Crippen LogP contribution in [0.5, 0.6) is 0 Å². The maximum atomic E-state index is 5.60. The predicted molar refractivity (Wildman–Crippen MR) is 100 cm³/mol. The number of anilines is 1. The van der Waals surface area contributed by atoms with Crippen LogP contribution in [0, 0.1) is 0 Å². The summed E-state index contributed by atoms with van der Waals surface area (Å²) >= 11 is 7.13. The average molecular weight is 345 g/mol. The van der Waals surface area contributed by atoms with Gasteiger partial charge < -0.3 is 15.4 Å². The van der Waals surface area contributed by atoms with Crippen LogP contribution >= 0.6 is 24.0 Å². The van der Waals surface area contributed by atoms with Gasteiger partial charge in [0.25, 0.3) is 0 Å². The smallest absolute Gasteiger partial charge is 0.170 e. The third-order valence-electron chi connectivity index (χ3n) is 3.62. The zero-order valence-electron chi connectivity index (χ0n) is 12.8. The summed E-state index contributed by atoms with van der Waals surface area (Å²) in [5, 5.41) is 7.19. The molecule has 3 nitrogen and oxygen atoms in total. The van der Waals surface area contributed by atoms with Crippen molar-refractivity contribution in [3.8, 4) is 0 Å². The third-order valence-corrected chi connectivity index (χ3v) is 4.95. The largest absolute Gasteiger partial charge is 0.376 e. The van der Waals surface area contributed by atoms with Gasteiger partial charge in [0.2, 0.25) is 0 Å². The molecule has 0 saturated carbocycles. The van der Waals surface area contributed by atoms with Crippen molar-refractivity contribution in [2.45, 2.75) is 28.7 Å². The van der Waals surface area contributed by atoms with Crippen molar-refractivity contribution in [2.75, 3.05) is 18.5 Å². The Balaban J connectivity index is 1.59. The van der Waals surface area contributed by atoms with Gasteiger partial charge >= 0.3 is 0 Å². The van der Waals surface area contributed by atoms with Crippen LogP contribution in [0.4, 0.5) is 5.69 Å². The van der Waals surface area contributed by atoms with Gasteiger partial charge in [-0.05, 0) is 49.3 Å². The Morgan fingerprint density at radius 1 is 1.13 bits per heavy atom. The maximum absolute atomic E-state index is 5.60. The Morgan fingerprint density at radius 3 is 2.70 bits per heavy atom. The van der Waals surface area contributed by atoms with Gasteiger partial charge in [0.1, 0.15) is 0 Å². The lowest BCUT2D eigenvalue weighted by Crippen LogP contribution is -2.34. The first kappa shape index (κ1) is 16.3. The van der Waals surface area contributed by atoms with Gasteiger partial charge in [-0.2, -0.15) is 0 Å². The van der Waals surface area contributed by atoms with Gasteiger partial charge in [0.15, 0.2) is 5.11 Å². The van der Waals surface area contributed by atoms with Crippen LogP contribution < -0.4 is 10.6 Å². The van der Waals surface area contributed by atoms with Gasteiger partial charge in [-0.1, -0.05) is 42.1 Å². The average Bonchev–Trinajstić information content (AvgIpc) is 3.09. The summed E-state index contributed by atoms with van der Waals surface area (Å²) < 4.78 is 5.60. The number of ether oxygens (including phenoxy) is 1. The number of benzene rings is 2. The number of hydrogen-bond acceptors (Lipinski definition) is 3. The number of hydrogen-bond donors (Lipinski definition) is 2. The number of nitrogens with one attached hydrogen (secondary N) is 2. The second-order valence-corrected chi connectivity index (χ2v) is 6.90. The minimum absolute atomic E-state index is 0.281. The van der Waals surface area contributed by atoms with E-state index in [1.807, 2.05) is 36.4 Å². The molecule has 1 fully saturated rings. The highest BCUT2D eigenvalue weighted by Crippen LogP contribution is 2.33. The van der Waals surface area contributed by atoms with E-state index in [1.54, 1.807) is 11.8 Å². The second-order valence-electron chi connectivity index (χ2n) is 5.38. The molecule has 2 aromatic carbocycles. The molecule has 2 N–H and O–H groups in total. The van der Waals surface area contributed by atoms with E-state index in [0.29, 0.717) is 5.11 Å². The first-order valence-electron chi connectivity index (χ1n) is 7.79. The lowest BCUT2D eigenvalue weighted by atomic mass is 10.2. The minimum atomic E-state index is 0.281. The first-order valence-corrected chi connectivity index (χ1v) is 9.02. The van der Waals surface area contributed by atoms with Gasteiger partial charge in [0, 0.05) is 22.9 Å². The molecule has 1 heterocycles. The van der Waals surface area contributed by atoms with E-state index in [9.17, 15) is 0 Å². The van der Waals surface area contributed by atoms with Gasteiger partial charge in [-0.15, -0.1) is 0 Å².